The number of nitrogens with zero attached hydrogens (tertiary/aromatic N) is 2. The number of anilines is 1. The monoisotopic (exact) mass is 406 g/mol. The third kappa shape index (κ3) is 3.47. The number of nitrogens with one attached hydrogen (secondary N) is 2. The molecule has 0 aliphatic carbocycles. The lowest BCUT2D eigenvalue weighted by Crippen LogP contribution is -2.26. The van der Waals surface area contributed by atoms with Gasteiger partial charge in [-0.3, -0.25) is 5.41 Å². The summed E-state index contributed by atoms with van der Waals surface area (Å²) in [7, 11) is 1.59. The molecule has 8 nitrogen and oxygen atoms in total. The molecule has 154 valence electrons. The SMILES string of the molecule is CCCOC(=O)c1cccc(N2CC(O)=C(c3nc4ccc(OC)cc4[nH]3)C2=N)c1. The van der Waals surface area contributed by atoms with E-state index in [-0.39, 0.29) is 18.1 Å². The highest BCUT2D eigenvalue weighted by atomic mass is 16.5. The molecule has 1 aliphatic heterocycles. The van der Waals surface area contributed by atoms with E-state index in [9.17, 15) is 9.90 Å². The topological polar surface area (TPSA) is 112 Å². The Morgan fingerprint density at radius 3 is 2.90 bits per heavy atom. The van der Waals surface area contributed by atoms with Crippen LogP contribution in [0, 0.1) is 5.41 Å². The smallest absolute Gasteiger partial charge is 0.338 e. The number of benzene rings is 2. The van der Waals surface area contributed by atoms with Crippen molar-refractivity contribution >= 4 is 34.1 Å². The number of fused-ring (bicyclic) bond motifs is 1. The van der Waals surface area contributed by atoms with E-state index in [0.717, 1.165) is 11.9 Å². The molecule has 0 saturated carbocycles. The number of aromatic amines is 1. The molecular weight excluding hydrogens is 384 g/mol. The van der Waals surface area contributed by atoms with Crippen molar-refractivity contribution < 1.29 is 19.4 Å². The van der Waals surface area contributed by atoms with Gasteiger partial charge in [0.15, 0.2) is 0 Å². The molecule has 2 heterocycles. The van der Waals surface area contributed by atoms with Gasteiger partial charge in [0, 0.05) is 11.8 Å². The van der Waals surface area contributed by atoms with Crippen LogP contribution in [-0.4, -0.2) is 47.1 Å². The highest BCUT2D eigenvalue weighted by molar-refractivity contribution is 6.30. The van der Waals surface area contributed by atoms with E-state index in [1.807, 2.05) is 19.1 Å². The van der Waals surface area contributed by atoms with Crippen LogP contribution < -0.4 is 9.64 Å². The van der Waals surface area contributed by atoms with Gasteiger partial charge in [0.25, 0.3) is 0 Å². The number of esters is 1. The number of carbonyl (C=O) groups excluding carboxylic acids is 1. The summed E-state index contributed by atoms with van der Waals surface area (Å²) in [5.41, 5.74) is 2.79. The lowest BCUT2D eigenvalue weighted by molar-refractivity contribution is 0.0505. The molecule has 0 amide bonds. The van der Waals surface area contributed by atoms with E-state index >= 15 is 0 Å². The second kappa shape index (κ2) is 7.90. The van der Waals surface area contributed by atoms with Crippen LogP contribution >= 0.6 is 0 Å². The van der Waals surface area contributed by atoms with Crippen LogP contribution in [0.3, 0.4) is 0 Å². The number of carbonyl (C=O) groups is 1. The van der Waals surface area contributed by atoms with Gasteiger partial charge in [0.2, 0.25) is 0 Å². The van der Waals surface area contributed by atoms with E-state index in [1.54, 1.807) is 42.3 Å². The number of aliphatic hydroxyl groups is 1. The van der Waals surface area contributed by atoms with E-state index in [2.05, 4.69) is 9.97 Å². The van der Waals surface area contributed by atoms with Crippen LogP contribution in [0.25, 0.3) is 16.6 Å². The van der Waals surface area contributed by atoms with Gasteiger partial charge in [0.1, 0.15) is 23.2 Å². The largest absolute Gasteiger partial charge is 0.509 e. The zero-order valence-electron chi connectivity index (χ0n) is 16.7. The number of hydrogen-bond acceptors (Lipinski definition) is 6. The Morgan fingerprint density at radius 1 is 1.30 bits per heavy atom. The van der Waals surface area contributed by atoms with Gasteiger partial charge in [-0.05, 0) is 36.8 Å². The first kappa shape index (κ1) is 19.5. The fourth-order valence-electron chi connectivity index (χ4n) is 3.36. The Bertz CT molecular complexity index is 1160. The molecule has 2 aromatic carbocycles. The predicted molar refractivity (Wildman–Crippen MR) is 114 cm³/mol. The van der Waals surface area contributed by atoms with Crippen molar-refractivity contribution in [3.63, 3.8) is 0 Å². The molecule has 4 rings (SSSR count). The van der Waals surface area contributed by atoms with E-state index < -0.39 is 5.97 Å². The zero-order valence-corrected chi connectivity index (χ0v) is 16.7. The second-order valence-corrected chi connectivity index (χ2v) is 6.91. The highest BCUT2D eigenvalue weighted by Gasteiger charge is 2.31. The molecule has 0 bridgehead atoms. The standard InChI is InChI=1S/C22H22N4O4/c1-3-9-30-22(28)13-5-4-6-14(10-13)26-12-18(27)19(20(26)23)21-24-16-8-7-15(29-2)11-17(16)25-21/h4-8,10-11,23,27H,3,9,12H2,1-2H3,(H,24,25). The van der Waals surface area contributed by atoms with Gasteiger partial charge in [0.05, 0.1) is 42.4 Å². The molecule has 0 atom stereocenters. The lowest BCUT2D eigenvalue weighted by Gasteiger charge is -2.19. The summed E-state index contributed by atoms with van der Waals surface area (Å²) in [6.45, 7) is 2.40. The number of H-pyrrole nitrogens is 1. The maximum Gasteiger partial charge on any atom is 0.338 e. The average molecular weight is 406 g/mol. The molecule has 1 aliphatic rings. The van der Waals surface area contributed by atoms with Crippen LogP contribution in [0.4, 0.5) is 5.69 Å². The molecule has 0 unspecified atom stereocenters. The number of amidine groups is 1. The van der Waals surface area contributed by atoms with Crippen molar-refractivity contribution in [2.24, 2.45) is 0 Å². The maximum absolute atomic E-state index is 12.2. The molecule has 0 saturated heterocycles. The molecule has 30 heavy (non-hydrogen) atoms. The van der Waals surface area contributed by atoms with Crippen molar-refractivity contribution in [2.75, 3.05) is 25.2 Å². The quantitative estimate of drug-likeness (QED) is 0.535. The Morgan fingerprint density at radius 2 is 2.13 bits per heavy atom. The lowest BCUT2D eigenvalue weighted by atomic mass is 10.2. The molecule has 1 aromatic heterocycles. The minimum absolute atomic E-state index is 0.0324. The molecule has 8 heteroatoms. The second-order valence-electron chi connectivity index (χ2n) is 6.91. The number of rotatable bonds is 6. The molecule has 3 N–H and O–H groups in total. The van der Waals surface area contributed by atoms with Crippen LogP contribution in [0.5, 0.6) is 5.75 Å². The summed E-state index contributed by atoms with van der Waals surface area (Å²) in [6.07, 6.45) is 0.743. The third-order valence-corrected chi connectivity index (χ3v) is 4.86. The molecule has 0 fully saturated rings. The van der Waals surface area contributed by atoms with Crippen molar-refractivity contribution in [3.8, 4) is 5.75 Å². The third-order valence-electron chi connectivity index (χ3n) is 4.86. The summed E-state index contributed by atoms with van der Waals surface area (Å²) < 4.78 is 10.4. The van der Waals surface area contributed by atoms with E-state index in [0.29, 0.717) is 40.5 Å². The summed E-state index contributed by atoms with van der Waals surface area (Å²) in [5, 5.41) is 19.2. The Balaban J connectivity index is 1.62. The van der Waals surface area contributed by atoms with Gasteiger partial charge in [-0.1, -0.05) is 13.0 Å². The number of imidazole rings is 1. The minimum Gasteiger partial charge on any atom is -0.509 e. The fraction of sp³-hybridized carbons (Fsp3) is 0.227. The van der Waals surface area contributed by atoms with Crippen molar-refractivity contribution in [1.82, 2.24) is 9.97 Å². The molecule has 0 radical (unpaired) electrons. The van der Waals surface area contributed by atoms with Gasteiger partial charge in [-0.25, -0.2) is 9.78 Å². The van der Waals surface area contributed by atoms with Crippen LogP contribution in [0.2, 0.25) is 0 Å². The zero-order chi connectivity index (χ0) is 21.3. The minimum atomic E-state index is -0.409. The number of aromatic nitrogens is 2. The van der Waals surface area contributed by atoms with Gasteiger partial charge in [-0.15, -0.1) is 0 Å². The number of hydrogen-bond donors (Lipinski definition) is 3. The van der Waals surface area contributed by atoms with Crippen LogP contribution in [0.1, 0.15) is 29.5 Å². The van der Waals surface area contributed by atoms with Crippen LogP contribution in [-0.2, 0) is 4.74 Å². The normalized spacial score (nSPS) is 13.9. The number of methoxy groups -OCH3 is 1. The van der Waals surface area contributed by atoms with E-state index in [1.165, 1.54) is 0 Å². The van der Waals surface area contributed by atoms with Gasteiger partial charge >= 0.3 is 5.97 Å². The number of ether oxygens (including phenoxy) is 2. The Labute approximate surface area is 173 Å². The van der Waals surface area contributed by atoms with Crippen molar-refractivity contribution in [3.05, 3.63) is 59.6 Å². The first-order chi connectivity index (χ1) is 14.5. The average Bonchev–Trinajstić information content (AvgIpc) is 3.30. The molecule has 3 aromatic rings. The molecular formula is C22H22N4O4. The highest BCUT2D eigenvalue weighted by Crippen LogP contribution is 2.31. The first-order valence-corrected chi connectivity index (χ1v) is 9.61. The summed E-state index contributed by atoms with van der Waals surface area (Å²) in [5.74, 6) is 0.809. The Hall–Kier alpha value is -3.81. The summed E-state index contributed by atoms with van der Waals surface area (Å²) >= 11 is 0. The van der Waals surface area contributed by atoms with E-state index in [4.69, 9.17) is 14.9 Å². The molecule has 0 spiro atoms. The number of aliphatic hydroxyl groups excluding tert-OH is 1. The first-order valence-electron chi connectivity index (χ1n) is 9.61. The fourth-order valence-corrected chi connectivity index (χ4v) is 3.36. The predicted octanol–water partition coefficient (Wildman–Crippen LogP) is 3.90. The Kier molecular flexibility index (Phi) is 5.14. The van der Waals surface area contributed by atoms with Gasteiger partial charge < -0.3 is 24.5 Å². The van der Waals surface area contributed by atoms with Crippen molar-refractivity contribution in [2.45, 2.75) is 13.3 Å². The summed E-state index contributed by atoms with van der Waals surface area (Å²) in [6, 6.07) is 12.3. The van der Waals surface area contributed by atoms with Crippen LogP contribution in [0.15, 0.2) is 48.2 Å². The van der Waals surface area contributed by atoms with Gasteiger partial charge in [-0.2, -0.15) is 0 Å². The maximum atomic E-state index is 12.2. The van der Waals surface area contributed by atoms with Crippen molar-refractivity contribution in [1.29, 1.82) is 5.41 Å². The summed E-state index contributed by atoms with van der Waals surface area (Å²) in [4.78, 5) is 21.4.